The Morgan fingerprint density at radius 3 is 2.33 bits per heavy atom. The first-order chi connectivity index (χ1) is 11.4. The lowest BCUT2D eigenvalue weighted by Gasteiger charge is -2.00. The van der Waals surface area contributed by atoms with Crippen LogP contribution in [0.3, 0.4) is 0 Å². The molecule has 4 rings (SSSR count). The van der Waals surface area contributed by atoms with Gasteiger partial charge >= 0.3 is 0 Å². The van der Waals surface area contributed by atoms with E-state index < -0.39 is 10.0 Å². The van der Waals surface area contributed by atoms with Crippen LogP contribution in [0.1, 0.15) is 0 Å². The van der Waals surface area contributed by atoms with Crippen molar-refractivity contribution in [3.8, 4) is 0 Å². The highest BCUT2D eigenvalue weighted by Gasteiger charge is 2.10. The summed E-state index contributed by atoms with van der Waals surface area (Å²) in [6.45, 7) is 0. The number of H-pyrrole nitrogens is 1. The number of hydrogen-bond donors (Lipinski definition) is 1. The van der Waals surface area contributed by atoms with E-state index in [-0.39, 0.29) is 0 Å². The minimum absolute atomic E-state index is 0.585. The van der Waals surface area contributed by atoms with Crippen LogP contribution in [0.25, 0.3) is 21.8 Å². The molecule has 0 unspecified atom stereocenters. The van der Waals surface area contributed by atoms with Crippen molar-refractivity contribution in [2.75, 3.05) is 6.26 Å². The molecular weight excluding hydrogens is 460 g/mol. The number of fused-ring (bicyclic) bond motifs is 2. The van der Waals surface area contributed by atoms with E-state index in [1.165, 1.54) is 21.8 Å². The first kappa shape index (κ1) is 17.1. The molecule has 0 aliphatic heterocycles. The van der Waals surface area contributed by atoms with Crippen LogP contribution in [0.15, 0.2) is 58.3 Å². The fraction of sp³-hybridized carbons (Fsp3) is 0.0667. The molecule has 0 aromatic carbocycles. The number of rotatable bonds is 1. The molecule has 0 amide bonds. The highest BCUT2D eigenvalue weighted by atomic mass is 79.9. The molecule has 4 aromatic rings. The quantitative estimate of drug-likeness (QED) is 0.456. The van der Waals surface area contributed by atoms with E-state index in [0.717, 1.165) is 26.1 Å². The molecule has 6 nitrogen and oxygen atoms in total. The number of nitrogens with one attached hydrogen (secondary N) is 1. The Morgan fingerprint density at radius 2 is 1.67 bits per heavy atom. The van der Waals surface area contributed by atoms with Crippen molar-refractivity contribution in [3.05, 3.63) is 58.3 Å². The van der Waals surface area contributed by atoms with Crippen molar-refractivity contribution < 1.29 is 8.42 Å². The molecule has 24 heavy (non-hydrogen) atoms. The van der Waals surface area contributed by atoms with Crippen molar-refractivity contribution in [3.63, 3.8) is 0 Å². The topological polar surface area (TPSA) is 80.6 Å². The number of aromatic nitrogens is 4. The third-order valence-electron chi connectivity index (χ3n) is 3.32. The molecule has 124 valence electrons. The Labute approximate surface area is 155 Å². The van der Waals surface area contributed by atoms with E-state index >= 15 is 0 Å². The van der Waals surface area contributed by atoms with Crippen LogP contribution < -0.4 is 0 Å². The summed E-state index contributed by atoms with van der Waals surface area (Å²) < 4.78 is 25.7. The van der Waals surface area contributed by atoms with E-state index in [1.54, 1.807) is 24.7 Å². The summed E-state index contributed by atoms with van der Waals surface area (Å²) in [5.74, 6) is 0. The van der Waals surface area contributed by atoms with Gasteiger partial charge in [0.1, 0.15) is 0 Å². The summed E-state index contributed by atoms with van der Waals surface area (Å²) in [7, 11) is -3.25. The predicted octanol–water partition coefficient (Wildman–Crippen LogP) is 3.93. The lowest BCUT2D eigenvalue weighted by atomic mass is 10.3. The van der Waals surface area contributed by atoms with E-state index in [9.17, 15) is 8.42 Å². The average molecular weight is 472 g/mol. The van der Waals surface area contributed by atoms with Gasteiger partial charge in [-0.25, -0.2) is 12.4 Å². The predicted molar refractivity (Wildman–Crippen MR) is 101 cm³/mol. The van der Waals surface area contributed by atoms with E-state index in [1.807, 2.05) is 12.3 Å². The normalized spacial score (nSPS) is 11.5. The van der Waals surface area contributed by atoms with Gasteiger partial charge in [-0.05, 0) is 44.0 Å². The second-order valence-electron chi connectivity index (χ2n) is 4.99. The monoisotopic (exact) mass is 470 g/mol. The van der Waals surface area contributed by atoms with Gasteiger partial charge in [0.05, 0.1) is 29.7 Å². The third-order valence-corrected chi connectivity index (χ3v) is 5.61. The van der Waals surface area contributed by atoms with Crippen LogP contribution in [-0.2, 0) is 10.0 Å². The summed E-state index contributed by atoms with van der Waals surface area (Å²) in [4.78, 5) is 11.0. The lowest BCUT2D eigenvalue weighted by molar-refractivity contribution is 0.595. The molecule has 0 saturated carbocycles. The molecule has 1 N–H and O–H groups in total. The molecule has 4 heterocycles. The smallest absolute Gasteiger partial charge is 0.236 e. The van der Waals surface area contributed by atoms with Crippen LogP contribution in [-0.4, -0.2) is 33.6 Å². The summed E-state index contributed by atoms with van der Waals surface area (Å²) in [5, 5.41) is 2.01. The van der Waals surface area contributed by atoms with Crippen molar-refractivity contribution in [1.29, 1.82) is 0 Å². The number of hydrogen-bond acceptors (Lipinski definition) is 4. The first-order valence-electron chi connectivity index (χ1n) is 6.75. The Kier molecular flexibility index (Phi) is 4.75. The summed E-state index contributed by atoms with van der Waals surface area (Å²) in [6.07, 6.45) is 11.3. The molecule has 0 spiro atoms. The van der Waals surface area contributed by atoms with Crippen molar-refractivity contribution >= 4 is 63.7 Å². The molecular formula is C15H12Br2N4O2S. The molecule has 0 fully saturated rings. The number of aromatic amines is 1. The largest absolute Gasteiger partial charge is 0.360 e. The third kappa shape index (κ3) is 3.38. The summed E-state index contributed by atoms with van der Waals surface area (Å²) in [6, 6.07) is 3.75. The van der Waals surface area contributed by atoms with Crippen molar-refractivity contribution in [2.45, 2.75) is 0 Å². The van der Waals surface area contributed by atoms with Gasteiger partial charge in [0, 0.05) is 44.5 Å². The molecule has 0 saturated heterocycles. The van der Waals surface area contributed by atoms with Gasteiger partial charge in [-0.1, -0.05) is 0 Å². The molecule has 0 aliphatic rings. The van der Waals surface area contributed by atoms with Gasteiger partial charge in [-0.2, -0.15) is 0 Å². The average Bonchev–Trinajstić information content (AvgIpc) is 3.14. The number of nitrogens with zero attached hydrogens (tertiary/aromatic N) is 3. The molecule has 0 aliphatic carbocycles. The minimum Gasteiger partial charge on any atom is -0.360 e. The maximum absolute atomic E-state index is 11.3. The van der Waals surface area contributed by atoms with Crippen molar-refractivity contribution in [2.24, 2.45) is 0 Å². The van der Waals surface area contributed by atoms with Crippen molar-refractivity contribution in [1.82, 2.24) is 18.9 Å². The zero-order valence-corrected chi connectivity index (χ0v) is 16.4. The van der Waals surface area contributed by atoms with E-state index in [2.05, 4.69) is 46.8 Å². The van der Waals surface area contributed by atoms with Gasteiger partial charge < -0.3 is 4.98 Å². The van der Waals surface area contributed by atoms with Gasteiger partial charge in [0.25, 0.3) is 0 Å². The van der Waals surface area contributed by atoms with Crippen LogP contribution in [0, 0.1) is 0 Å². The summed E-state index contributed by atoms with van der Waals surface area (Å²) >= 11 is 6.70. The van der Waals surface area contributed by atoms with Crippen LogP contribution in [0.4, 0.5) is 0 Å². The Balaban J connectivity index is 0.000000149. The van der Waals surface area contributed by atoms with Crippen LogP contribution >= 0.6 is 31.9 Å². The zero-order chi connectivity index (χ0) is 17.3. The summed E-state index contributed by atoms with van der Waals surface area (Å²) in [5.41, 5.74) is 1.65. The molecule has 4 aromatic heterocycles. The highest BCUT2D eigenvalue weighted by Crippen LogP contribution is 2.24. The fourth-order valence-corrected chi connectivity index (χ4v) is 3.93. The van der Waals surface area contributed by atoms with Gasteiger partial charge in [0.2, 0.25) is 10.0 Å². The maximum Gasteiger partial charge on any atom is 0.236 e. The Bertz CT molecular complexity index is 1120. The minimum atomic E-state index is -3.25. The Morgan fingerprint density at radius 1 is 1.00 bits per heavy atom. The lowest BCUT2D eigenvalue weighted by Crippen LogP contribution is -2.08. The molecule has 0 atom stereocenters. The van der Waals surface area contributed by atoms with Gasteiger partial charge in [-0.15, -0.1) is 0 Å². The second kappa shape index (κ2) is 6.66. The number of halogens is 2. The Hall–Kier alpha value is -1.71. The van der Waals surface area contributed by atoms with E-state index in [0.29, 0.717) is 5.52 Å². The van der Waals surface area contributed by atoms with Crippen LogP contribution in [0.5, 0.6) is 0 Å². The molecule has 0 bridgehead atoms. The fourth-order valence-electron chi connectivity index (χ4n) is 2.23. The highest BCUT2D eigenvalue weighted by molar-refractivity contribution is 9.11. The van der Waals surface area contributed by atoms with Crippen LogP contribution in [0.2, 0.25) is 0 Å². The SMILES string of the molecule is Brc1cncc2[nH]ccc12.CS(=O)(=O)n1ccc2c(Br)cncc21. The van der Waals surface area contributed by atoms with Gasteiger partial charge in [0.15, 0.2) is 0 Å². The first-order valence-corrected chi connectivity index (χ1v) is 10.2. The molecule has 9 heteroatoms. The standard InChI is InChI=1S/C8H7BrN2O2S.C7H5BrN2/c1-14(12,13)11-3-2-6-7(9)4-10-5-8(6)11;8-6-3-9-4-7-5(6)1-2-10-7/h2-5H,1H3;1-4,10H. The number of pyridine rings is 2. The van der Waals surface area contributed by atoms with E-state index in [4.69, 9.17) is 0 Å². The molecule has 0 radical (unpaired) electrons. The zero-order valence-electron chi connectivity index (χ0n) is 12.4. The van der Waals surface area contributed by atoms with Gasteiger partial charge in [-0.3, -0.25) is 9.97 Å². The maximum atomic E-state index is 11.3. The second-order valence-corrected chi connectivity index (χ2v) is 8.56.